The SMILES string of the molecule is Br.COc1cc2c(cc1OC)[C@H]1[C@H](CCCN1CC1CC1)OC2c1ccccc1. The molecule has 3 atom stereocenters. The summed E-state index contributed by atoms with van der Waals surface area (Å²) in [4.78, 5) is 2.66. The maximum Gasteiger partial charge on any atom is 0.161 e. The topological polar surface area (TPSA) is 30.9 Å². The summed E-state index contributed by atoms with van der Waals surface area (Å²) in [6.07, 6.45) is 5.24. The third kappa shape index (κ3) is 3.92. The molecule has 5 rings (SSSR count). The molecule has 0 spiro atoms. The molecule has 2 aromatic rings. The van der Waals surface area contributed by atoms with Crippen molar-refractivity contribution in [2.24, 2.45) is 5.92 Å². The Hall–Kier alpha value is -1.56. The van der Waals surface area contributed by atoms with Gasteiger partial charge in [0.2, 0.25) is 0 Å². The molecular formula is C24H30BrNO3. The number of methoxy groups -OCH3 is 2. The lowest BCUT2D eigenvalue weighted by Gasteiger charge is -2.47. The molecule has 156 valence electrons. The summed E-state index contributed by atoms with van der Waals surface area (Å²) in [5.41, 5.74) is 3.77. The number of benzene rings is 2. The summed E-state index contributed by atoms with van der Waals surface area (Å²) in [6.45, 7) is 2.35. The minimum Gasteiger partial charge on any atom is -0.493 e. The van der Waals surface area contributed by atoms with Crippen LogP contribution >= 0.6 is 17.0 Å². The van der Waals surface area contributed by atoms with Crippen LogP contribution in [0.1, 0.15) is 54.5 Å². The molecule has 0 amide bonds. The Morgan fingerprint density at radius 3 is 2.31 bits per heavy atom. The molecule has 2 aromatic carbocycles. The lowest BCUT2D eigenvalue weighted by molar-refractivity contribution is -0.0868. The zero-order valence-electron chi connectivity index (χ0n) is 17.2. The molecule has 5 heteroatoms. The van der Waals surface area contributed by atoms with Crippen molar-refractivity contribution in [3.63, 3.8) is 0 Å². The van der Waals surface area contributed by atoms with Crippen molar-refractivity contribution in [1.29, 1.82) is 0 Å². The fourth-order valence-corrected chi connectivity index (χ4v) is 4.93. The first kappa shape index (κ1) is 20.7. The van der Waals surface area contributed by atoms with E-state index in [1.54, 1.807) is 14.2 Å². The van der Waals surface area contributed by atoms with Crippen molar-refractivity contribution in [1.82, 2.24) is 4.90 Å². The minimum absolute atomic E-state index is 0. The lowest BCUT2D eigenvalue weighted by Crippen LogP contribution is -2.47. The third-order valence-corrected chi connectivity index (χ3v) is 6.47. The molecule has 3 aliphatic rings. The van der Waals surface area contributed by atoms with Gasteiger partial charge in [-0.2, -0.15) is 0 Å². The van der Waals surface area contributed by atoms with E-state index >= 15 is 0 Å². The second-order valence-corrected chi connectivity index (χ2v) is 8.33. The Morgan fingerprint density at radius 2 is 1.66 bits per heavy atom. The van der Waals surface area contributed by atoms with Crippen LogP contribution in [0.15, 0.2) is 42.5 Å². The third-order valence-electron chi connectivity index (χ3n) is 6.47. The van der Waals surface area contributed by atoms with Crippen LogP contribution in [0.5, 0.6) is 11.5 Å². The fourth-order valence-electron chi connectivity index (χ4n) is 4.93. The van der Waals surface area contributed by atoms with Gasteiger partial charge < -0.3 is 14.2 Å². The number of fused-ring (bicyclic) bond motifs is 3. The van der Waals surface area contributed by atoms with Gasteiger partial charge in [-0.25, -0.2) is 0 Å². The molecule has 1 unspecified atom stereocenters. The summed E-state index contributed by atoms with van der Waals surface area (Å²) >= 11 is 0. The molecule has 29 heavy (non-hydrogen) atoms. The molecule has 1 aliphatic carbocycles. The van der Waals surface area contributed by atoms with Crippen LogP contribution in [0.25, 0.3) is 0 Å². The highest BCUT2D eigenvalue weighted by atomic mass is 79.9. The van der Waals surface area contributed by atoms with Crippen molar-refractivity contribution in [2.45, 2.75) is 43.9 Å². The minimum atomic E-state index is -0.0573. The number of piperidine rings is 1. The number of halogens is 1. The van der Waals surface area contributed by atoms with E-state index in [1.807, 2.05) is 0 Å². The summed E-state index contributed by atoms with van der Waals surface area (Å²) in [5, 5.41) is 0. The molecule has 0 aromatic heterocycles. The Bertz CT molecular complexity index is 840. The molecular weight excluding hydrogens is 430 g/mol. The number of ether oxygens (including phenoxy) is 3. The van der Waals surface area contributed by atoms with Gasteiger partial charge in [-0.3, -0.25) is 4.90 Å². The number of rotatable bonds is 5. The maximum absolute atomic E-state index is 6.77. The van der Waals surface area contributed by atoms with E-state index in [1.165, 1.54) is 42.5 Å². The van der Waals surface area contributed by atoms with Crippen LogP contribution in [0.3, 0.4) is 0 Å². The van der Waals surface area contributed by atoms with Crippen LogP contribution in [0, 0.1) is 5.92 Å². The number of nitrogens with zero attached hydrogens (tertiary/aromatic N) is 1. The lowest BCUT2D eigenvalue weighted by atomic mass is 9.82. The van der Waals surface area contributed by atoms with Gasteiger partial charge in [-0.1, -0.05) is 30.3 Å². The van der Waals surface area contributed by atoms with Crippen molar-refractivity contribution in [2.75, 3.05) is 27.3 Å². The van der Waals surface area contributed by atoms with Crippen molar-refractivity contribution >= 4 is 17.0 Å². The fraction of sp³-hybridized carbons (Fsp3) is 0.500. The van der Waals surface area contributed by atoms with Gasteiger partial charge in [0.05, 0.1) is 26.4 Å². The van der Waals surface area contributed by atoms with E-state index < -0.39 is 0 Å². The predicted molar refractivity (Wildman–Crippen MR) is 119 cm³/mol. The second kappa shape index (κ2) is 8.66. The molecule has 1 saturated carbocycles. The highest BCUT2D eigenvalue weighted by Gasteiger charge is 2.43. The molecule has 0 N–H and O–H groups in total. The maximum atomic E-state index is 6.77. The normalized spacial score (nSPS) is 26.1. The Balaban J connectivity index is 0.00000205. The largest absolute Gasteiger partial charge is 0.493 e. The number of likely N-dealkylation sites (tertiary alicyclic amines) is 1. The summed E-state index contributed by atoms with van der Waals surface area (Å²) in [6, 6.07) is 15.2. The molecule has 4 nitrogen and oxygen atoms in total. The van der Waals surface area contributed by atoms with E-state index in [2.05, 4.69) is 47.4 Å². The van der Waals surface area contributed by atoms with Crippen molar-refractivity contribution in [3.05, 3.63) is 59.2 Å². The Labute approximate surface area is 183 Å². The van der Waals surface area contributed by atoms with Gasteiger partial charge >= 0.3 is 0 Å². The molecule has 2 heterocycles. The van der Waals surface area contributed by atoms with Crippen LogP contribution < -0.4 is 9.47 Å². The van der Waals surface area contributed by atoms with E-state index in [4.69, 9.17) is 14.2 Å². The molecule has 2 aliphatic heterocycles. The molecule has 1 saturated heterocycles. The van der Waals surface area contributed by atoms with Gasteiger partial charge in [0.25, 0.3) is 0 Å². The Morgan fingerprint density at radius 1 is 0.966 bits per heavy atom. The van der Waals surface area contributed by atoms with Gasteiger partial charge in [-0.15, -0.1) is 17.0 Å². The predicted octanol–water partition coefficient (Wildman–Crippen LogP) is 5.32. The van der Waals surface area contributed by atoms with Crippen LogP contribution in [-0.4, -0.2) is 38.3 Å². The van der Waals surface area contributed by atoms with Gasteiger partial charge in [0.1, 0.15) is 6.10 Å². The first-order valence-electron chi connectivity index (χ1n) is 10.5. The zero-order valence-corrected chi connectivity index (χ0v) is 18.9. The van der Waals surface area contributed by atoms with E-state index in [0.717, 1.165) is 30.4 Å². The summed E-state index contributed by atoms with van der Waals surface area (Å²) < 4.78 is 18.1. The van der Waals surface area contributed by atoms with E-state index in [9.17, 15) is 0 Å². The smallest absolute Gasteiger partial charge is 0.161 e. The average molecular weight is 460 g/mol. The molecule has 2 fully saturated rings. The average Bonchev–Trinajstić information content (AvgIpc) is 3.56. The monoisotopic (exact) mass is 459 g/mol. The Kier molecular flexibility index (Phi) is 6.19. The van der Waals surface area contributed by atoms with E-state index in [-0.39, 0.29) is 29.2 Å². The summed E-state index contributed by atoms with van der Waals surface area (Å²) in [7, 11) is 3.42. The standard InChI is InChI=1S/C24H29NO3.BrH/c1-26-21-13-18-19(14-22(21)27-2)24(17-7-4-3-5-8-17)28-20-9-6-12-25(23(18)20)15-16-10-11-16;/h3-5,7-8,13-14,16,20,23-24H,6,9-12,15H2,1-2H3;1H/t20-,23-,24?;/m0./s1. The quantitative estimate of drug-likeness (QED) is 0.605. The van der Waals surface area contributed by atoms with Gasteiger partial charge in [0.15, 0.2) is 11.5 Å². The van der Waals surface area contributed by atoms with Crippen LogP contribution in [-0.2, 0) is 4.74 Å². The zero-order chi connectivity index (χ0) is 19.1. The highest BCUT2D eigenvalue weighted by Crippen LogP contribution is 2.49. The molecule has 0 bridgehead atoms. The van der Waals surface area contributed by atoms with Crippen LogP contribution in [0.4, 0.5) is 0 Å². The van der Waals surface area contributed by atoms with Gasteiger partial charge in [-0.05, 0) is 67.0 Å². The first-order valence-corrected chi connectivity index (χ1v) is 10.5. The van der Waals surface area contributed by atoms with Crippen molar-refractivity contribution in [3.8, 4) is 11.5 Å². The number of hydrogen-bond acceptors (Lipinski definition) is 4. The van der Waals surface area contributed by atoms with E-state index in [0.29, 0.717) is 6.04 Å². The van der Waals surface area contributed by atoms with Crippen molar-refractivity contribution < 1.29 is 14.2 Å². The number of hydrogen-bond donors (Lipinski definition) is 0. The second-order valence-electron chi connectivity index (χ2n) is 8.33. The summed E-state index contributed by atoms with van der Waals surface area (Å²) in [5.74, 6) is 2.45. The first-order chi connectivity index (χ1) is 13.8. The van der Waals surface area contributed by atoms with Crippen LogP contribution in [0.2, 0.25) is 0 Å². The van der Waals surface area contributed by atoms with Gasteiger partial charge in [0, 0.05) is 6.54 Å². The highest BCUT2D eigenvalue weighted by molar-refractivity contribution is 8.93. The molecule has 0 radical (unpaired) electrons.